The normalized spacial score (nSPS) is 26.0. The van der Waals surface area contributed by atoms with Gasteiger partial charge in [0.1, 0.15) is 0 Å². The van der Waals surface area contributed by atoms with Crippen molar-refractivity contribution in [2.45, 2.75) is 6.04 Å². The minimum Gasteiger partial charge on any atom is -0.394 e. The van der Waals surface area contributed by atoms with Crippen LogP contribution in [0.4, 0.5) is 0 Å². The molecule has 1 aliphatic rings. The molecule has 0 radical (unpaired) electrons. The van der Waals surface area contributed by atoms with Gasteiger partial charge < -0.3 is 20.1 Å². The number of hydrogen-bond acceptors (Lipinski definition) is 4. The van der Waals surface area contributed by atoms with Gasteiger partial charge in [-0.15, -0.1) is 0 Å². The first-order chi connectivity index (χ1) is 5.83. The molecular formula is C8H18N2O2. The van der Waals surface area contributed by atoms with E-state index in [-0.39, 0.29) is 6.61 Å². The molecule has 1 fully saturated rings. The predicted octanol–water partition coefficient (Wildman–Crippen LogP) is -1.10. The van der Waals surface area contributed by atoms with Crippen molar-refractivity contribution in [3.05, 3.63) is 0 Å². The largest absolute Gasteiger partial charge is 0.394 e. The number of likely N-dealkylation sites (N-methyl/N-ethyl adjacent to an activating group) is 1. The lowest BCUT2D eigenvalue weighted by Gasteiger charge is -2.30. The second-order valence-electron chi connectivity index (χ2n) is 3.21. The fraction of sp³-hybridized carbons (Fsp3) is 1.00. The smallest absolute Gasteiger partial charge is 0.0698 e. The number of aliphatic hydroxyl groups is 1. The molecule has 1 aliphatic heterocycles. The number of ether oxygens (including phenoxy) is 1. The highest BCUT2D eigenvalue weighted by molar-refractivity contribution is 4.75. The zero-order chi connectivity index (χ0) is 8.81. The summed E-state index contributed by atoms with van der Waals surface area (Å²) in [5.41, 5.74) is 0. The van der Waals surface area contributed by atoms with E-state index in [4.69, 9.17) is 9.84 Å². The fourth-order valence-electron chi connectivity index (χ4n) is 1.39. The number of aliphatic hydroxyl groups excluding tert-OH is 1. The van der Waals surface area contributed by atoms with Crippen molar-refractivity contribution in [3.8, 4) is 0 Å². The average Bonchev–Trinajstić information content (AvgIpc) is 2.05. The number of nitrogens with one attached hydrogen (secondary N) is 1. The number of nitrogens with zero attached hydrogens (tertiary/aromatic N) is 1. The van der Waals surface area contributed by atoms with Crippen molar-refractivity contribution in [2.24, 2.45) is 0 Å². The van der Waals surface area contributed by atoms with Gasteiger partial charge in [0, 0.05) is 25.7 Å². The highest BCUT2D eigenvalue weighted by Crippen LogP contribution is 1.96. The van der Waals surface area contributed by atoms with E-state index in [2.05, 4.69) is 17.3 Å². The molecule has 0 amide bonds. The summed E-state index contributed by atoms with van der Waals surface area (Å²) in [6.07, 6.45) is 0. The van der Waals surface area contributed by atoms with Crippen LogP contribution in [0, 0.1) is 0 Å². The summed E-state index contributed by atoms with van der Waals surface area (Å²) in [4.78, 5) is 2.28. The third kappa shape index (κ3) is 3.49. The molecule has 1 atom stereocenters. The van der Waals surface area contributed by atoms with E-state index < -0.39 is 0 Å². The summed E-state index contributed by atoms with van der Waals surface area (Å²) < 4.78 is 5.23. The molecule has 0 aromatic carbocycles. The maximum absolute atomic E-state index is 8.49. The molecule has 1 saturated heterocycles. The monoisotopic (exact) mass is 174 g/mol. The summed E-state index contributed by atoms with van der Waals surface area (Å²) in [7, 11) is 2.11. The van der Waals surface area contributed by atoms with Gasteiger partial charge in [0.25, 0.3) is 0 Å². The Balaban J connectivity index is 2.06. The van der Waals surface area contributed by atoms with Gasteiger partial charge in [0.15, 0.2) is 0 Å². The third-order valence-electron chi connectivity index (χ3n) is 2.01. The van der Waals surface area contributed by atoms with Crippen molar-refractivity contribution >= 4 is 0 Å². The topological polar surface area (TPSA) is 44.7 Å². The van der Waals surface area contributed by atoms with E-state index in [1.54, 1.807) is 0 Å². The second kappa shape index (κ2) is 5.48. The van der Waals surface area contributed by atoms with E-state index in [9.17, 15) is 0 Å². The van der Waals surface area contributed by atoms with Gasteiger partial charge in [-0.25, -0.2) is 0 Å². The van der Waals surface area contributed by atoms with Crippen LogP contribution < -0.4 is 5.32 Å². The molecule has 0 saturated carbocycles. The molecule has 0 aromatic heterocycles. The van der Waals surface area contributed by atoms with Gasteiger partial charge in [-0.1, -0.05) is 0 Å². The Kier molecular flexibility index (Phi) is 4.53. The average molecular weight is 174 g/mol. The zero-order valence-electron chi connectivity index (χ0n) is 7.62. The molecule has 12 heavy (non-hydrogen) atoms. The first-order valence-corrected chi connectivity index (χ1v) is 4.43. The van der Waals surface area contributed by atoms with Gasteiger partial charge in [-0.05, 0) is 7.05 Å². The maximum Gasteiger partial charge on any atom is 0.0698 e. The molecule has 1 rings (SSSR count). The number of piperazine rings is 1. The summed E-state index contributed by atoms with van der Waals surface area (Å²) in [5, 5.41) is 11.9. The van der Waals surface area contributed by atoms with Crippen LogP contribution in [0.25, 0.3) is 0 Å². The van der Waals surface area contributed by atoms with Gasteiger partial charge in [-0.3, -0.25) is 0 Å². The summed E-state index contributed by atoms with van der Waals surface area (Å²) >= 11 is 0. The Morgan fingerprint density at radius 1 is 1.67 bits per heavy atom. The Labute approximate surface area is 73.5 Å². The molecule has 72 valence electrons. The molecule has 2 N–H and O–H groups in total. The Morgan fingerprint density at radius 2 is 2.50 bits per heavy atom. The van der Waals surface area contributed by atoms with Crippen LogP contribution in [0.2, 0.25) is 0 Å². The molecule has 1 heterocycles. The van der Waals surface area contributed by atoms with Gasteiger partial charge in [0.05, 0.1) is 19.8 Å². The van der Waals surface area contributed by atoms with Crippen molar-refractivity contribution < 1.29 is 9.84 Å². The SMILES string of the molecule is CN1CCNC(COCCO)C1. The summed E-state index contributed by atoms with van der Waals surface area (Å²) in [6, 6.07) is 0.426. The lowest BCUT2D eigenvalue weighted by Crippen LogP contribution is -2.51. The van der Waals surface area contributed by atoms with Crippen LogP contribution in [-0.4, -0.2) is 62.6 Å². The van der Waals surface area contributed by atoms with Crippen molar-refractivity contribution in [3.63, 3.8) is 0 Å². The zero-order valence-corrected chi connectivity index (χ0v) is 7.62. The van der Waals surface area contributed by atoms with E-state index in [1.165, 1.54) is 0 Å². The standard InChI is InChI=1S/C8H18N2O2/c1-10-3-2-9-8(6-10)7-12-5-4-11/h8-9,11H,2-7H2,1H3. The summed E-state index contributed by atoms with van der Waals surface area (Å²) in [6.45, 7) is 4.43. The van der Waals surface area contributed by atoms with E-state index in [1.807, 2.05) is 0 Å². The first-order valence-electron chi connectivity index (χ1n) is 4.43. The van der Waals surface area contributed by atoms with Gasteiger partial charge >= 0.3 is 0 Å². The van der Waals surface area contributed by atoms with Crippen molar-refractivity contribution in [1.29, 1.82) is 0 Å². The fourth-order valence-corrected chi connectivity index (χ4v) is 1.39. The third-order valence-corrected chi connectivity index (χ3v) is 2.01. The molecule has 0 bridgehead atoms. The van der Waals surface area contributed by atoms with E-state index in [0.29, 0.717) is 19.3 Å². The second-order valence-corrected chi connectivity index (χ2v) is 3.21. The van der Waals surface area contributed by atoms with Gasteiger partial charge in [-0.2, -0.15) is 0 Å². The molecular weight excluding hydrogens is 156 g/mol. The highest BCUT2D eigenvalue weighted by Gasteiger charge is 2.15. The van der Waals surface area contributed by atoms with Crippen LogP contribution in [-0.2, 0) is 4.74 Å². The van der Waals surface area contributed by atoms with E-state index >= 15 is 0 Å². The van der Waals surface area contributed by atoms with Crippen LogP contribution >= 0.6 is 0 Å². The predicted molar refractivity (Wildman–Crippen MR) is 47.2 cm³/mol. The molecule has 4 heteroatoms. The van der Waals surface area contributed by atoms with Crippen molar-refractivity contribution in [2.75, 3.05) is 46.5 Å². The highest BCUT2D eigenvalue weighted by atomic mass is 16.5. The van der Waals surface area contributed by atoms with Crippen molar-refractivity contribution in [1.82, 2.24) is 10.2 Å². The van der Waals surface area contributed by atoms with Crippen LogP contribution in [0.1, 0.15) is 0 Å². The molecule has 0 spiro atoms. The number of hydrogen-bond donors (Lipinski definition) is 2. The first kappa shape index (κ1) is 9.92. The molecule has 0 aromatic rings. The number of rotatable bonds is 4. The lowest BCUT2D eigenvalue weighted by atomic mass is 10.2. The molecule has 1 unspecified atom stereocenters. The lowest BCUT2D eigenvalue weighted by molar-refractivity contribution is 0.0622. The summed E-state index contributed by atoms with van der Waals surface area (Å²) in [5.74, 6) is 0. The van der Waals surface area contributed by atoms with Crippen LogP contribution in [0.15, 0.2) is 0 Å². The molecule has 0 aliphatic carbocycles. The van der Waals surface area contributed by atoms with Crippen LogP contribution in [0.5, 0.6) is 0 Å². The van der Waals surface area contributed by atoms with Crippen LogP contribution in [0.3, 0.4) is 0 Å². The Bertz CT molecular complexity index is 122. The Hall–Kier alpha value is -0.160. The Morgan fingerprint density at radius 3 is 3.17 bits per heavy atom. The quantitative estimate of drug-likeness (QED) is 0.531. The minimum absolute atomic E-state index is 0.114. The van der Waals surface area contributed by atoms with Gasteiger partial charge in [0.2, 0.25) is 0 Å². The maximum atomic E-state index is 8.49. The molecule has 4 nitrogen and oxygen atoms in total. The minimum atomic E-state index is 0.114. The van der Waals surface area contributed by atoms with E-state index in [0.717, 1.165) is 19.6 Å².